The highest BCUT2D eigenvalue weighted by Gasteiger charge is 2.02. The van der Waals surface area contributed by atoms with Crippen molar-refractivity contribution in [2.24, 2.45) is 0 Å². The van der Waals surface area contributed by atoms with Gasteiger partial charge in [-0.2, -0.15) is 0 Å². The van der Waals surface area contributed by atoms with Crippen molar-refractivity contribution in [3.8, 4) is 11.3 Å². The Hall–Kier alpha value is -1.77. The molecule has 0 bridgehead atoms. The molecule has 1 heterocycles. The molecule has 2 rings (SSSR count). The third-order valence-corrected chi connectivity index (χ3v) is 2.02. The summed E-state index contributed by atoms with van der Waals surface area (Å²) in [5.41, 5.74) is 2.35. The monoisotopic (exact) mass is 201 g/mol. The van der Waals surface area contributed by atoms with Crippen LogP contribution >= 0.6 is 0 Å². The van der Waals surface area contributed by atoms with Gasteiger partial charge in [-0.3, -0.25) is 0 Å². The fraction of sp³-hybridized carbons (Fsp3) is 0.167. The predicted molar refractivity (Wildman–Crippen MR) is 55.7 cm³/mol. The molecule has 0 aliphatic rings. The van der Waals surface area contributed by atoms with Crippen molar-refractivity contribution in [3.63, 3.8) is 0 Å². The van der Waals surface area contributed by atoms with Crippen molar-refractivity contribution in [1.82, 2.24) is 9.97 Å². The van der Waals surface area contributed by atoms with Crippen LogP contribution in [-0.2, 0) is 0 Å². The predicted octanol–water partition coefficient (Wildman–Crippen LogP) is 2.70. The van der Waals surface area contributed by atoms with Crippen LogP contribution < -0.4 is 0 Å². The molecule has 1 aromatic carbocycles. The second-order valence-electron chi connectivity index (χ2n) is 3.34. The van der Waals surface area contributed by atoms with Crippen LogP contribution in [0.5, 0.6) is 0 Å². The van der Waals surface area contributed by atoms with Crippen LogP contribution in [0.25, 0.3) is 11.3 Å². The molecule has 1 aromatic heterocycles. The highest BCUT2D eigenvalue weighted by molar-refractivity contribution is 5.58. The molecule has 0 fully saturated rings. The third-order valence-electron chi connectivity index (χ3n) is 2.02. The Morgan fingerprint density at radius 3 is 2.33 bits per heavy atom. The highest BCUT2D eigenvalue weighted by Crippen LogP contribution is 2.17. The third kappa shape index (κ3) is 2.18. The summed E-state index contributed by atoms with van der Waals surface area (Å²) in [6.07, 6.45) is 0. The van der Waals surface area contributed by atoms with Gasteiger partial charge in [-0.15, -0.1) is 0 Å². The van der Waals surface area contributed by atoms with Gasteiger partial charge in [-0.05, 0) is 38.1 Å². The molecule has 0 saturated heterocycles. The van der Waals surface area contributed by atoms with Crippen LogP contribution in [0.15, 0.2) is 24.3 Å². The molecule has 0 saturated carbocycles. The number of halogens is 1. The first-order chi connectivity index (χ1) is 7.15. The number of aromatic nitrogens is 2. The maximum atomic E-state index is 12.7. The molecule has 0 atom stereocenters. The summed E-state index contributed by atoms with van der Waals surface area (Å²) in [6, 6.07) is 9.24. The van der Waals surface area contributed by atoms with E-state index in [4.69, 9.17) is 0 Å². The Kier molecular flexibility index (Phi) is 2.46. The van der Waals surface area contributed by atoms with Crippen LogP contribution in [0.1, 0.15) is 11.5 Å². The average Bonchev–Trinajstić information content (AvgIpc) is 2.17. The maximum absolute atomic E-state index is 12.7. The minimum absolute atomic E-state index is 0.249. The molecule has 3 heteroatoms. The number of nitrogens with zero attached hydrogens (tertiary/aromatic N) is 2. The molecule has 0 spiro atoms. The first-order valence-corrected chi connectivity index (χ1v) is 4.65. The molecule has 2 aromatic rings. The first kappa shape index (κ1) is 9.77. The van der Waals surface area contributed by atoms with Crippen molar-refractivity contribution in [3.05, 3.63) is 47.7 Å². The van der Waals surface area contributed by atoms with Crippen LogP contribution in [0.4, 0.5) is 4.39 Å². The normalized spacial score (nSPS) is 10.3. The van der Waals surface area contributed by atoms with Crippen molar-refractivity contribution in [1.29, 1.82) is 0 Å². The summed E-state index contributed by atoms with van der Waals surface area (Å²) in [7, 11) is 0. The SMILES string of the molecule is Cc1[c]c(-c2ccc(F)cc2)nc(C)n1. The zero-order valence-electron chi connectivity index (χ0n) is 8.58. The van der Waals surface area contributed by atoms with Crippen LogP contribution in [-0.4, -0.2) is 9.97 Å². The second kappa shape index (κ2) is 3.77. The molecule has 2 nitrogen and oxygen atoms in total. The Bertz CT molecular complexity index is 457. The summed E-state index contributed by atoms with van der Waals surface area (Å²) >= 11 is 0. The van der Waals surface area contributed by atoms with Gasteiger partial charge in [0.05, 0.1) is 5.69 Å². The van der Waals surface area contributed by atoms with E-state index in [1.807, 2.05) is 13.8 Å². The van der Waals surface area contributed by atoms with E-state index in [-0.39, 0.29) is 5.82 Å². The van der Waals surface area contributed by atoms with Gasteiger partial charge >= 0.3 is 0 Å². The Morgan fingerprint density at radius 2 is 1.73 bits per heavy atom. The molecule has 0 amide bonds. The number of hydrogen-bond donors (Lipinski definition) is 0. The van der Waals surface area contributed by atoms with E-state index in [9.17, 15) is 4.39 Å². The van der Waals surface area contributed by atoms with Gasteiger partial charge in [-0.25, -0.2) is 14.4 Å². The zero-order valence-corrected chi connectivity index (χ0v) is 8.58. The molecule has 0 unspecified atom stereocenters. The topological polar surface area (TPSA) is 25.8 Å². The largest absolute Gasteiger partial charge is 0.238 e. The maximum Gasteiger partial charge on any atom is 0.126 e. The Labute approximate surface area is 87.8 Å². The minimum atomic E-state index is -0.249. The molecule has 0 aliphatic carbocycles. The van der Waals surface area contributed by atoms with Crippen molar-refractivity contribution >= 4 is 0 Å². The molecule has 1 radical (unpaired) electrons. The Morgan fingerprint density at radius 1 is 1.07 bits per heavy atom. The molecule has 0 N–H and O–H groups in total. The summed E-state index contributed by atoms with van der Waals surface area (Å²) in [6.45, 7) is 3.69. The molecular formula is C12H10FN2. The lowest BCUT2D eigenvalue weighted by Gasteiger charge is -2.02. The van der Waals surface area contributed by atoms with Gasteiger partial charge in [0, 0.05) is 17.3 Å². The lowest BCUT2D eigenvalue weighted by Crippen LogP contribution is -1.94. The van der Waals surface area contributed by atoms with Crippen molar-refractivity contribution in [2.75, 3.05) is 0 Å². The Balaban J connectivity index is 2.49. The van der Waals surface area contributed by atoms with Gasteiger partial charge in [-0.1, -0.05) is 0 Å². The van der Waals surface area contributed by atoms with Gasteiger partial charge in [0.1, 0.15) is 11.6 Å². The van der Waals surface area contributed by atoms with E-state index in [0.717, 1.165) is 11.3 Å². The summed E-state index contributed by atoms with van der Waals surface area (Å²) in [5, 5.41) is 0. The second-order valence-corrected chi connectivity index (χ2v) is 3.34. The van der Waals surface area contributed by atoms with Crippen LogP contribution in [0.2, 0.25) is 0 Å². The fourth-order valence-electron chi connectivity index (χ4n) is 1.40. The van der Waals surface area contributed by atoms with E-state index in [1.54, 1.807) is 12.1 Å². The molecule has 0 aliphatic heterocycles. The van der Waals surface area contributed by atoms with E-state index in [2.05, 4.69) is 16.0 Å². The zero-order chi connectivity index (χ0) is 10.8. The van der Waals surface area contributed by atoms with E-state index < -0.39 is 0 Å². The lowest BCUT2D eigenvalue weighted by atomic mass is 10.1. The summed E-state index contributed by atoms with van der Waals surface area (Å²) in [5.74, 6) is 0.451. The number of benzene rings is 1. The standard InChI is InChI=1S/C12H10FN2/c1-8-7-12(15-9(2)14-8)10-3-5-11(13)6-4-10/h3-6H,1-2H3. The first-order valence-electron chi connectivity index (χ1n) is 4.65. The molecule has 75 valence electrons. The van der Waals surface area contributed by atoms with Gasteiger partial charge < -0.3 is 0 Å². The lowest BCUT2D eigenvalue weighted by molar-refractivity contribution is 0.628. The van der Waals surface area contributed by atoms with E-state index >= 15 is 0 Å². The van der Waals surface area contributed by atoms with Gasteiger partial charge in [0.2, 0.25) is 0 Å². The summed E-state index contributed by atoms with van der Waals surface area (Å²) in [4.78, 5) is 8.38. The number of hydrogen-bond acceptors (Lipinski definition) is 2. The smallest absolute Gasteiger partial charge is 0.126 e. The molecule has 15 heavy (non-hydrogen) atoms. The van der Waals surface area contributed by atoms with Crippen LogP contribution in [0.3, 0.4) is 0 Å². The molecular weight excluding hydrogens is 191 g/mol. The highest BCUT2D eigenvalue weighted by atomic mass is 19.1. The number of aryl methyl sites for hydroxylation is 2. The van der Waals surface area contributed by atoms with E-state index in [1.165, 1.54) is 12.1 Å². The summed E-state index contributed by atoms with van der Waals surface area (Å²) < 4.78 is 12.7. The average molecular weight is 201 g/mol. The van der Waals surface area contributed by atoms with Gasteiger partial charge in [0.25, 0.3) is 0 Å². The number of rotatable bonds is 1. The quantitative estimate of drug-likeness (QED) is 0.709. The fourth-order valence-corrected chi connectivity index (χ4v) is 1.40. The van der Waals surface area contributed by atoms with E-state index in [0.29, 0.717) is 11.5 Å². The van der Waals surface area contributed by atoms with Crippen LogP contribution in [0, 0.1) is 25.7 Å². The van der Waals surface area contributed by atoms with Gasteiger partial charge in [0.15, 0.2) is 0 Å². The van der Waals surface area contributed by atoms with Crippen molar-refractivity contribution < 1.29 is 4.39 Å². The van der Waals surface area contributed by atoms with Crippen molar-refractivity contribution in [2.45, 2.75) is 13.8 Å². The minimum Gasteiger partial charge on any atom is -0.238 e.